The molecule has 3 heteroatoms. The van der Waals surface area contributed by atoms with Gasteiger partial charge in [0.05, 0.1) is 12.7 Å². The molecule has 0 aromatic heterocycles. The largest absolute Gasteiger partial charge is 0.494 e. The summed E-state index contributed by atoms with van der Waals surface area (Å²) in [6, 6.07) is 11.1. The van der Waals surface area contributed by atoms with Crippen molar-refractivity contribution in [3.63, 3.8) is 0 Å². The minimum Gasteiger partial charge on any atom is -0.494 e. The fraction of sp³-hybridized carbons (Fsp3) is 0.407. The number of hydrogen-bond donors (Lipinski definition) is 0. The number of rotatable bonds is 3. The van der Waals surface area contributed by atoms with Gasteiger partial charge < -0.3 is 4.74 Å². The summed E-state index contributed by atoms with van der Waals surface area (Å²) >= 11 is 0. The Bertz CT molecular complexity index is 967. The zero-order valence-electron chi connectivity index (χ0n) is 17.5. The lowest BCUT2D eigenvalue weighted by Crippen LogP contribution is -2.29. The molecular formula is C27H28F2O. The van der Waals surface area contributed by atoms with Crippen molar-refractivity contribution in [1.29, 1.82) is 0 Å². The van der Waals surface area contributed by atoms with Crippen molar-refractivity contribution in [2.24, 2.45) is 17.8 Å². The lowest BCUT2D eigenvalue weighted by Gasteiger charge is -2.41. The van der Waals surface area contributed by atoms with E-state index in [0.29, 0.717) is 11.8 Å². The van der Waals surface area contributed by atoms with E-state index in [0.717, 1.165) is 17.4 Å². The van der Waals surface area contributed by atoms with Gasteiger partial charge in [-0.2, -0.15) is 4.39 Å². The first-order valence-corrected chi connectivity index (χ1v) is 10.9. The van der Waals surface area contributed by atoms with Gasteiger partial charge in [0.15, 0.2) is 11.6 Å². The maximum absolute atomic E-state index is 14.1. The lowest BCUT2D eigenvalue weighted by molar-refractivity contribution is 0.133. The Hall–Kier alpha value is -2.60. The van der Waals surface area contributed by atoms with Crippen molar-refractivity contribution in [2.75, 3.05) is 7.11 Å². The van der Waals surface area contributed by atoms with Crippen LogP contribution in [0.4, 0.5) is 8.78 Å². The van der Waals surface area contributed by atoms with Crippen LogP contribution in [0, 0.1) is 41.2 Å². The molecule has 0 radical (unpaired) electrons. The smallest absolute Gasteiger partial charge is 0.201 e. The number of ether oxygens (including phenoxy) is 1. The van der Waals surface area contributed by atoms with Gasteiger partial charge in [-0.15, -0.1) is 6.58 Å². The van der Waals surface area contributed by atoms with Crippen LogP contribution in [0.5, 0.6) is 5.75 Å². The van der Waals surface area contributed by atoms with Crippen LogP contribution in [-0.4, -0.2) is 7.11 Å². The van der Waals surface area contributed by atoms with E-state index >= 15 is 0 Å². The second-order valence-electron chi connectivity index (χ2n) is 8.65. The predicted molar refractivity (Wildman–Crippen MR) is 116 cm³/mol. The first-order valence-electron chi connectivity index (χ1n) is 10.9. The second kappa shape index (κ2) is 9.04. The zero-order valence-corrected chi connectivity index (χ0v) is 17.5. The molecule has 2 aromatic rings. The number of methoxy groups -OCH3 is 1. The molecule has 2 aliphatic carbocycles. The highest BCUT2D eigenvalue weighted by molar-refractivity contribution is 5.46. The van der Waals surface area contributed by atoms with E-state index in [4.69, 9.17) is 4.74 Å². The Morgan fingerprint density at radius 1 is 0.900 bits per heavy atom. The Balaban J connectivity index is 1.43. The first-order chi connectivity index (χ1) is 14.6. The Morgan fingerprint density at radius 3 is 2.37 bits per heavy atom. The fourth-order valence-electron chi connectivity index (χ4n) is 5.21. The van der Waals surface area contributed by atoms with E-state index in [-0.39, 0.29) is 11.3 Å². The Kier molecular flexibility index (Phi) is 6.23. The molecule has 4 rings (SSSR count). The van der Waals surface area contributed by atoms with E-state index in [1.54, 1.807) is 0 Å². The summed E-state index contributed by atoms with van der Waals surface area (Å²) in [6.45, 7) is 3.99. The SMILES string of the molecule is C=CC1CCC2CC(c3ccc(C#Cc4ccc(OC)c(F)c4F)cc3)CCC2C1. The van der Waals surface area contributed by atoms with E-state index in [1.807, 2.05) is 12.1 Å². The minimum absolute atomic E-state index is 0.0332. The monoisotopic (exact) mass is 406 g/mol. The third-order valence-corrected chi connectivity index (χ3v) is 6.98. The van der Waals surface area contributed by atoms with Crippen molar-refractivity contribution in [1.82, 2.24) is 0 Å². The molecule has 0 aliphatic heterocycles. The van der Waals surface area contributed by atoms with Crippen LogP contribution in [0.25, 0.3) is 0 Å². The van der Waals surface area contributed by atoms with Crippen LogP contribution in [0.2, 0.25) is 0 Å². The molecule has 0 bridgehead atoms. The molecule has 0 heterocycles. The van der Waals surface area contributed by atoms with Crippen LogP contribution in [-0.2, 0) is 0 Å². The molecule has 156 valence electrons. The molecule has 30 heavy (non-hydrogen) atoms. The fourth-order valence-corrected chi connectivity index (χ4v) is 5.21. The summed E-state index contributed by atoms with van der Waals surface area (Å²) in [4.78, 5) is 0. The van der Waals surface area contributed by atoms with Gasteiger partial charge >= 0.3 is 0 Å². The molecule has 2 aromatic carbocycles. The summed E-state index contributed by atoms with van der Waals surface area (Å²) in [5, 5.41) is 0. The topological polar surface area (TPSA) is 9.23 Å². The van der Waals surface area contributed by atoms with Crippen LogP contribution in [0.1, 0.15) is 61.1 Å². The predicted octanol–water partition coefficient (Wildman–Crippen LogP) is 6.86. The van der Waals surface area contributed by atoms with Crippen LogP contribution < -0.4 is 4.74 Å². The van der Waals surface area contributed by atoms with Crippen LogP contribution in [0.15, 0.2) is 49.1 Å². The Labute approximate surface area is 178 Å². The van der Waals surface area contributed by atoms with Gasteiger partial charge in [-0.3, -0.25) is 0 Å². The average molecular weight is 407 g/mol. The van der Waals surface area contributed by atoms with Gasteiger partial charge in [-0.1, -0.05) is 30.0 Å². The molecule has 4 unspecified atom stereocenters. The number of hydrogen-bond acceptors (Lipinski definition) is 1. The van der Waals surface area contributed by atoms with E-state index in [2.05, 4.69) is 36.6 Å². The van der Waals surface area contributed by atoms with Gasteiger partial charge in [0.1, 0.15) is 0 Å². The van der Waals surface area contributed by atoms with Gasteiger partial charge in [-0.05, 0) is 92.0 Å². The minimum atomic E-state index is -1.00. The number of allylic oxidation sites excluding steroid dienone is 1. The van der Waals surface area contributed by atoms with Gasteiger partial charge in [0, 0.05) is 5.56 Å². The van der Waals surface area contributed by atoms with Crippen molar-refractivity contribution >= 4 is 0 Å². The highest BCUT2D eigenvalue weighted by Gasteiger charge is 2.35. The van der Waals surface area contributed by atoms with Crippen LogP contribution >= 0.6 is 0 Å². The normalized spacial score (nSPS) is 25.6. The zero-order chi connectivity index (χ0) is 21.1. The van der Waals surface area contributed by atoms with Gasteiger partial charge in [0.2, 0.25) is 5.82 Å². The summed E-state index contributed by atoms with van der Waals surface area (Å²) in [5.74, 6) is 6.63. The van der Waals surface area contributed by atoms with Gasteiger partial charge in [-0.25, -0.2) is 4.39 Å². The summed E-state index contributed by atoms with van der Waals surface area (Å²) in [7, 11) is 1.31. The number of halogens is 2. The average Bonchev–Trinajstić information content (AvgIpc) is 2.79. The highest BCUT2D eigenvalue weighted by Crippen LogP contribution is 2.47. The number of fused-ring (bicyclic) bond motifs is 1. The molecule has 0 amide bonds. The molecule has 0 saturated heterocycles. The van der Waals surface area contributed by atoms with Crippen molar-refractivity contribution in [3.8, 4) is 17.6 Å². The first kappa shape index (κ1) is 20.7. The molecule has 4 atom stereocenters. The molecule has 2 saturated carbocycles. The van der Waals surface area contributed by atoms with E-state index in [9.17, 15) is 8.78 Å². The summed E-state index contributed by atoms with van der Waals surface area (Å²) in [6.07, 6.45) is 9.90. The van der Waals surface area contributed by atoms with Crippen molar-refractivity contribution in [2.45, 2.75) is 44.4 Å². The molecule has 2 fully saturated rings. The van der Waals surface area contributed by atoms with Crippen LogP contribution in [0.3, 0.4) is 0 Å². The number of benzene rings is 2. The molecule has 2 aliphatic rings. The Morgan fingerprint density at radius 2 is 1.63 bits per heavy atom. The second-order valence-corrected chi connectivity index (χ2v) is 8.65. The van der Waals surface area contributed by atoms with Crippen molar-refractivity contribution < 1.29 is 13.5 Å². The standard InChI is InChI=1S/C27H28F2O/c1-3-18-4-11-24-17-23(13-12-22(24)16-18)20-8-5-19(6-9-20)7-10-21-14-15-25(30-2)27(29)26(21)28/h3,5-6,8-9,14-15,18,22-24H,1,4,11-13,16-17H2,2H3. The maximum atomic E-state index is 14.1. The molecule has 1 nitrogen and oxygen atoms in total. The summed E-state index contributed by atoms with van der Waals surface area (Å²) in [5.41, 5.74) is 2.20. The quantitative estimate of drug-likeness (QED) is 0.400. The highest BCUT2D eigenvalue weighted by atomic mass is 19.2. The third-order valence-electron chi connectivity index (χ3n) is 6.98. The van der Waals surface area contributed by atoms with Gasteiger partial charge in [0.25, 0.3) is 0 Å². The third kappa shape index (κ3) is 4.29. The lowest BCUT2D eigenvalue weighted by atomic mass is 9.64. The van der Waals surface area contributed by atoms with E-state index < -0.39 is 11.6 Å². The van der Waals surface area contributed by atoms with E-state index in [1.165, 1.54) is 63.3 Å². The maximum Gasteiger partial charge on any atom is 0.201 e. The molecular weight excluding hydrogens is 378 g/mol. The molecule has 0 spiro atoms. The van der Waals surface area contributed by atoms with Crippen molar-refractivity contribution in [3.05, 3.63) is 77.4 Å². The molecule has 0 N–H and O–H groups in total. The summed E-state index contributed by atoms with van der Waals surface area (Å²) < 4.78 is 32.7.